The van der Waals surface area contributed by atoms with Gasteiger partial charge in [0.2, 0.25) is 0 Å². The van der Waals surface area contributed by atoms with Crippen molar-refractivity contribution in [3.05, 3.63) is 63.9 Å². The monoisotopic (exact) mass is 398 g/mol. The molecule has 3 rings (SSSR count). The maximum absolute atomic E-state index is 12.1. The van der Waals surface area contributed by atoms with Crippen molar-refractivity contribution in [2.45, 2.75) is 6.54 Å². The summed E-state index contributed by atoms with van der Waals surface area (Å²) in [5, 5.41) is 24.9. The quantitative estimate of drug-likeness (QED) is 0.698. The highest BCUT2D eigenvalue weighted by molar-refractivity contribution is 9.10. The van der Waals surface area contributed by atoms with E-state index in [1.54, 1.807) is 0 Å². The smallest absolute Gasteiger partial charge is 0.258 e. The maximum Gasteiger partial charge on any atom is 0.258 e. The van der Waals surface area contributed by atoms with E-state index in [4.69, 9.17) is 9.78 Å². The Hall–Kier alpha value is -3.18. The first-order valence-electron chi connectivity index (χ1n) is 7.16. The van der Waals surface area contributed by atoms with Gasteiger partial charge in [0.1, 0.15) is 5.75 Å². The molecule has 1 amide bonds. The first-order chi connectivity index (χ1) is 12.0. The molecule has 1 heterocycles. The maximum atomic E-state index is 12.1. The molecule has 0 saturated carbocycles. The predicted molar refractivity (Wildman–Crippen MR) is 91.4 cm³/mol. The van der Waals surface area contributed by atoms with E-state index in [0.717, 1.165) is 10.0 Å². The summed E-state index contributed by atoms with van der Waals surface area (Å²) in [7, 11) is 0. The summed E-state index contributed by atoms with van der Waals surface area (Å²) < 4.78 is 6.07. The van der Waals surface area contributed by atoms with E-state index in [1.165, 1.54) is 18.2 Å². The van der Waals surface area contributed by atoms with Crippen LogP contribution < -0.4 is 5.32 Å². The molecular formula is C17H11BrN4O3. The van der Waals surface area contributed by atoms with E-state index in [0.29, 0.717) is 11.7 Å². The second-order valence-corrected chi connectivity index (χ2v) is 6.00. The minimum atomic E-state index is -0.457. The van der Waals surface area contributed by atoms with Gasteiger partial charge in [-0.2, -0.15) is 10.2 Å². The summed E-state index contributed by atoms with van der Waals surface area (Å²) in [6.45, 7) is 0.0495. The molecule has 0 atom stereocenters. The summed E-state index contributed by atoms with van der Waals surface area (Å²) in [6.07, 6.45) is 0. The van der Waals surface area contributed by atoms with Crippen LogP contribution in [0.2, 0.25) is 0 Å². The molecule has 1 aromatic heterocycles. The molecule has 8 heteroatoms. The molecule has 124 valence electrons. The van der Waals surface area contributed by atoms with Crippen LogP contribution in [0.15, 0.2) is 51.5 Å². The standard InChI is InChI=1S/C17H11BrN4O3/c18-13-3-1-2-11(6-13)17-21-15(22-25-17)9-20-16(24)12-4-10(8-19)5-14(23)7-12/h1-7,23H,9H2,(H,20,24). The van der Waals surface area contributed by atoms with Crippen molar-refractivity contribution in [2.24, 2.45) is 0 Å². The highest BCUT2D eigenvalue weighted by atomic mass is 79.9. The first-order valence-corrected chi connectivity index (χ1v) is 7.95. The van der Waals surface area contributed by atoms with E-state index < -0.39 is 5.91 Å². The van der Waals surface area contributed by atoms with Crippen molar-refractivity contribution in [1.29, 1.82) is 5.26 Å². The van der Waals surface area contributed by atoms with Gasteiger partial charge < -0.3 is 14.9 Å². The molecule has 3 aromatic rings. The van der Waals surface area contributed by atoms with Gasteiger partial charge in [0.25, 0.3) is 11.8 Å². The second kappa shape index (κ2) is 7.15. The van der Waals surface area contributed by atoms with Gasteiger partial charge in [-0.1, -0.05) is 27.2 Å². The Labute approximate surface area is 151 Å². The number of nitrogens with zero attached hydrogens (tertiary/aromatic N) is 3. The van der Waals surface area contributed by atoms with Gasteiger partial charge in [-0.05, 0) is 36.4 Å². The zero-order valence-corrected chi connectivity index (χ0v) is 14.3. The van der Waals surface area contributed by atoms with Crippen LogP contribution >= 0.6 is 15.9 Å². The summed E-state index contributed by atoms with van der Waals surface area (Å²) in [6, 6.07) is 13.2. The topological polar surface area (TPSA) is 112 Å². The minimum Gasteiger partial charge on any atom is -0.508 e. The number of carbonyl (C=O) groups is 1. The lowest BCUT2D eigenvalue weighted by atomic mass is 10.1. The van der Waals surface area contributed by atoms with Crippen molar-refractivity contribution >= 4 is 21.8 Å². The van der Waals surface area contributed by atoms with E-state index in [9.17, 15) is 9.90 Å². The van der Waals surface area contributed by atoms with Gasteiger partial charge in [-0.15, -0.1) is 0 Å². The number of phenolic OH excluding ortho intramolecular Hbond substituents is 1. The molecule has 0 fully saturated rings. The number of aromatic hydroxyl groups is 1. The third kappa shape index (κ3) is 4.02. The number of phenols is 1. The SMILES string of the molecule is N#Cc1cc(O)cc(C(=O)NCc2noc(-c3cccc(Br)c3)n2)c1. The molecule has 2 N–H and O–H groups in total. The average molecular weight is 399 g/mol. The highest BCUT2D eigenvalue weighted by Gasteiger charge is 2.12. The van der Waals surface area contributed by atoms with Gasteiger partial charge in [0.05, 0.1) is 18.2 Å². The van der Waals surface area contributed by atoms with Crippen LogP contribution in [-0.4, -0.2) is 21.2 Å². The van der Waals surface area contributed by atoms with E-state index in [1.807, 2.05) is 30.3 Å². The van der Waals surface area contributed by atoms with Crippen molar-refractivity contribution in [3.8, 4) is 23.3 Å². The Morgan fingerprint density at radius 2 is 2.16 bits per heavy atom. The number of carbonyl (C=O) groups excluding carboxylic acids is 1. The number of nitrogens with one attached hydrogen (secondary N) is 1. The van der Waals surface area contributed by atoms with Crippen molar-refractivity contribution < 1.29 is 14.4 Å². The lowest BCUT2D eigenvalue weighted by molar-refractivity contribution is 0.0949. The molecule has 2 aromatic carbocycles. The van der Waals surface area contributed by atoms with E-state index in [-0.39, 0.29) is 23.4 Å². The second-order valence-electron chi connectivity index (χ2n) is 5.09. The molecular weight excluding hydrogens is 388 g/mol. The number of benzene rings is 2. The third-order valence-corrected chi connectivity index (χ3v) is 3.75. The lowest BCUT2D eigenvalue weighted by Gasteiger charge is -2.03. The fourth-order valence-corrected chi connectivity index (χ4v) is 2.53. The number of hydrogen-bond donors (Lipinski definition) is 2. The molecule has 0 spiro atoms. The number of hydrogen-bond acceptors (Lipinski definition) is 6. The molecule has 0 aliphatic carbocycles. The first kappa shape index (κ1) is 16.7. The fraction of sp³-hybridized carbons (Fsp3) is 0.0588. The Morgan fingerprint density at radius 1 is 1.32 bits per heavy atom. The van der Waals surface area contributed by atoms with Crippen LogP contribution in [0.4, 0.5) is 0 Å². The normalized spacial score (nSPS) is 10.2. The molecule has 25 heavy (non-hydrogen) atoms. The van der Waals surface area contributed by atoms with Crippen LogP contribution in [0.3, 0.4) is 0 Å². The Kier molecular flexibility index (Phi) is 4.77. The zero-order chi connectivity index (χ0) is 17.8. The summed E-state index contributed by atoms with van der Waals surface area (Å²) in [5.41, 5.74) is 1.13. The Balaban J connectivity index is 1.69. The Morgan fingerprint density at radius 3 is 2.92 bits per heavy atom. The molecule has 0 aliphatic rings. The number of amides is 1. The number of aromatic nitrogens is 2. The molecule has 0 radical (unpaired) electrons. The van der Waals surface area contributed by atoms with Gasteiger partial charge in [0.15, 0.2) is 5.82 Å². The summed E-state index contributed by atoms with van der Waals surface area (Å²) in [4.78, 5) is 16.4. The van der Waals surface area contributed by atoms with Gasteiger partial charge in [-0.25, -0.2) is 0 Å². The van der Waals surface area contributed by atoms with Crippen LogP contribution in [0, 0.1) is 11.3 Å². The predicted octanol–water partition coefficient (Wildman–Crippen LogP) is 3.01. The number of halogens is 1. The van der Waals surface area contributed by atoms with Gasteiger partial charge in [0, 0.05) is 15.6 Å². The summed E-state index contributed by atoms with van der Waals surface area (Å²) in [5.74, 6) is 0.0422. The average Bonchev–Trinajstić information content (AvgIpc) is 3.08. The molecule has 0 bridgehead atoms. The lowest BCUT2D eigenvalue weighted by Crippen LogP contribution is -2.23. The minimum absolute atomic E-state index is 0.0495. The number of nitriles is 1. The van der Waals surface area contributed by atoms with Crippen molar-refractivity contribution in [2.75, 3.05) is 0 Å². The van der Waals surface area contributed by atoms with Crippen molar-refractivity contribution in [1.82, 2.24) is 15.5 Å². The van der Waals surface area contributed by atoms with E-state index in [2.05, 4.69) is 31.4 Å². The fourth-order valence-electron chi connectivity index (χ4n) is 2.13. The molecule has 7 nitrogen and oxygen atoms in total. The summed E-state index contributed by atoms with van der Waals surface area (Å²) >= 11 is 3.37. The van der Waals surface area contributed by atoms with Gasteiger partial charge >= 0.3 is 0 Å². The molecule has 0 saturated heterocycles. The molecule has 0 unspecified atom stereocenters. The third-order valence-electron chi connectivity index (χ3n) is 3.26. The number of rotatable bonds is 4. The van der Waals surface area contributed by atoms with Crippen molar-refractivity contribution in [3.63, 3.8) is 0 Å². The van der Waals surface area contributed by atoms with Crippen LogP contribution in [0.5, 0.6) is 5.75 Å². The van der Waals surface area contributed by atoms with Gasteiger partial charge in [-0.3, -0.25) is 4.79 Å². The largest absolute Gasteiger partial charge is 0.508 e. The van der Waals surface area contributed by atoms with E-state index >= 15 is 0 Å². The van der Waals surface area contributed by atoms with Crippen LogP contribution in [0.1, 0.15) is 21.7 Å². The molecule has 0 aliphatic heterocycles. The highest BCUT2D eigenvalue weighted by Crippen LogP contribution is 2.21. The van der Waals surface area contributed by atoms with Crippen LogP contribution in [0.25, 0.3) is 11.5 Å². The Bertz CT molecular complexity index is 978. The van der Waals surface area contributed by atoms with Crippen LogP contribution in [-0.2, 0) is 6.54 Å². The zero-order valence-electron chi connectivity index (χ0n) is 12.7.